The number of ketones is 1. The van der Waals surface area contributed by atoms with Crippen LogP contribution in [0.4, 0.5) is 0 Å². The molecule has 224 valence electrons. The first kappa shape index (κ1) is 29.3. The fourth-order valence-corrected chi connectivity index (χ4v) is 5.80. The normalized spacial score (nSPS) is 11.1. The van der Waals surface area contributed by atoms with Crippen LogP contribution in [0.2, 0.25) is 10.0 Å². The third-order valence-corrected chi connectivity index (χ3v) is 8.27. The van der Waals surface area contributed by atoms with Crippen molar-refractivity contribution >= 4 is 50.8 Å². The molecule has 0 aliphatic carbocycles. The zero-order valence-corrected chi connectivity index (χ0v) is 25.9. The maximum absolute atomic E-state index is 12.8. The minimum atomic E-state index is -0.233. The highest BCUT2D eigenvalue weighted by Crippen LogP contribution is 2.58. The van der Waals surface area contributed by atoms with Crippen molar-refractivity contribution in [2.45, 2.75) is 0 Å². The number of para-hydroxylation sites is 1. The van der Waals surface area contributed by atoms with E-state index in [2.05, 4.69) is 9.97 Å². The van der Waals surface area contributed by atoms with Crippen LogP contribution in [0.25, 0.3) is 44.1 Å². The maximum atomic E-state index is 12.8. The predicted molar refractivity (Wildman–Crippen MR) is 174 cm³/mol. The van der Waals surface area contributed by atoms with Crippen molar-refractivity contribution in [1.82, 2.24) is 9.97 Å². The van der Waals surface area contributed by atoms with Crippen LogP contribution in [0.1, 0.15) is 10.4 Å². The first-order valence-electron chi connectivity index (χ1n) is 13.6. The average Bonchev–Trinajstić information content (AvgIpc) is 3.67. The molecule has 0 atom stereocenters. The van der Waals surface area contributed by atoms with E-state index in [9.17, 15) is 4.79 Å². The Labute approximate surface area is 263 Å². The number of ether oxygens (including phenoxy) is 5. The molecule has 10 heteroatoms. The number of aromatic amines is 2. The van der Waals surface area contributed by atoms with E-state index >= 15 is 0 Å². The van der Waals surface area contributed by atoms with Gasteiger partial charge in [0.1, 0.15) is 5.75 Å². The molecule has 0 aliphatic rings. The highest BCUT2D eigenvalue weighted by Gasteiger charge is 2.31. The van der Waals surface area contributed by atoms with Crippen LogP contribution in [0.5, 0.6) is 28.7 Å². The van der Waals surface area contributed by atoms with Gasteiger partial charge in [0.2, 0.25) is 0 Å². The van der Waals surface area contributed by atoms with Crippen molar-refractivity contribution < 1.29 is 28.5 Å². The molecule has 0 fully saturated rings. The van der Waals surface area contributed by atoms with E-state index in [1.165, 1.54) is 6.07 Å². The van der Waals surface area contributed by atoms with E-state index in [-0.39, 0.29) is 12.4 Å². The number of halogens is 2. The molecule has 6 aromatic rings. The zero-order valence-electron chi connectivity index (χ0n) is 24.3. The van der Waals surface area contributed by atoms with Crippen LogP contribution in [0.3, 0.4) is 0 Å². The Morgan fingerprint density at radius 2 is 1.23 bits per heavy atom. The van der Waals surface area contributed by atoms with Gasteiger partial charge in [-0.25, -0.2) is 0 Å². The van der Waals surface area contributed by atoms with Crippen molar-refractivity contribution in [2.24, 2.45) is 0 Å². The van der Waals surface area contributed by atoms with Crippen LogP contribution in [-0.4, -0.2) is 50.8 Å². The Kier molecular flexibility index (Phi) is 8.03. The molecule has 0 aliphatic heterocycles. The first-order valence-corrected chi connectivity index (χ1v) is 14.3. The topological polar surface area (TPSA) is 94.8 Å². The van der Waals surface area contributed by atoms with Gasteiger partial charge in [-0.05, 0) is 42.5 Å². The molecule has 2 N–H and O–H groups in total. The van der Waals surface area contributed by atoms with Crippen LogP contribution in [0, 0.1) is 0 Å². The van der Waals surface area contributed by atoms with Gasteiger partial charge < -0.3 is 33.7 Å². The maximum Gasteiger partial charge on any atom is 0.200 e. The van der Waals surface area contributed by atoms with Gasteiger partial charge in [-0.2, -0.15) is 0 Å². The number of aromatic nitrogens is 2. The smallest absolute Gasteiger partial charge is 0.200 e. The predicted octanol–water partition coefficient (Wildman–Crippen LogP) is 8.59. The summed E-state index contributed by atoms with van der Waals surface area (Å²) in [6.07, 6.45) is 3.78. The number of rotatable bonds is 10. The SMILES string of the molecule is COc1c(OC)c(-c2c[nH]c3ccc(OCC(=O)c4ccc(Cl)c(Cl)c4)cc23)c(OC)c(OC)c1-c1c[nH]c2ccccc12. The van der Waals surface area contributed by atoms with Crippen molar-refractivity contribution in [3.05, 3.63) is 88.7 Å². The summed E-state index contributed by atoms with van der Waals surface area (Å²) in [4.78, 5) is 19.4. The number of nitrogens with one attached hydrogen (secondary N) is 2. The number of methoxy groups -OCH3 is 4. The molecule has 4 aromatic carbocycles. The highest BCUT2D eigenvalue weighted by atomic mass is 35.5. The Hall–Kier alpha value is -4.79. The minimum Gasteiger partial charge on any atom is -0.492 e. The molecule has 2 heterocycles. The average molecular weight is 632 g/mol. The van der Waals surface area contributed by atoms with Gasteiger partial charge in [0.25, 0.3) is 0 Å². The van der Waals surface area contributed by atoms with Gasteiger partial charge in [0.15, 0.2) is 35.4 Å². The van der Waals surface area contributed by atoms with Crippen LogP contribution >= 0.6 is 23.2 Å². The summed E-state index contributed by atoms with van der Waals surface area (Å²) in [6.45, 7) is -0.184. The largest absolute Gasteiger partial charge is 0.492 e. The first-order chi connectivity index (χ1) is 21.4. The van der Waals surface area contributed by atoms with E-state index in [0.29, 0.717) is 55.5 Å². The molecule has 6 rings (SSSR count). The number of hydrogen-bond donors (Lipinski definition) is 2. The molecule has 2 aromatic heterocycles. The Morgan fingerprint density at radius 1 is 0.659 bits per heavy atom. The van der Waals surface area contributed by atoms with Crippen molar-refractivity contribution in [1.29, 1.82) is 0 Å². The standard InChI is InChI=1S/C34H28Cl2N2O6/c1-40-31-29(22-15-37-26-8-6-5-7-20(22)26)32(41-2)34(43-4)30(33(31)42-3)23-16-38-27-12-10-19(14-21(23)27)44-17-28(39)18-9-11-24(35)25(36)13-18/h5-16,37-38H,17H2,1-4H3. The van der Waals surface area contributed by atoms with Crippen molar-refractivity contribution in [3.63, 3.8) is 0 Å². The van der Waals surface area contributed by atoms with E-state index in [4.69, 9.17) is 46.9 Å². The molecule has 0 spiro atoms. The second-order valence-electron chi connectivity index (χ2n) is 9.88. The van der Waals surface area contributed by atoms with E-state index in [1.807, 2.05) is 48.8 Å². The quantitative estimate of drug-likeness (QED) is 0.147. The summed E-state index contributed by atoms with van der Waals surface area (Å²) >= 11 is 12.1. The molecule has 8 nitrogen and oxygen atoms in total. The number of carbonyl (C=O) groups is 1. The fourth-order valence-electron chi connectivity index (χ4n) is 5.51. The van der Waals surface area contributed by atoms with Crippen molar-refractivity contribution in [2.75, 3.05) is 35.0 Å². The molecule has 0 unspecified atom stereocenters. The molecule has 0 saturated heterocycles. The molecule has 0 amide bonds. The van der Waals surface area contributed by atoms with E-state index in [1.54, 1.807) is 46.6 Å². The van der Waals surface area contributed by atoms with Gasteiger partial charge in [-0.3, -0.25) is 4.79 Å². The molecular formula is C34H28Cl2N2O6. The lowest BCUT2D eigenvalue weighted by Gasteiger charge is -2.23. The summed E-state index contributed by atoms with van der Waals surface area (Å²) in [6, 6.07) is 18.2. The fraction of sp³-hybridized carbons (Fsp3) is 0.147. The van der Waals surface area contributed by atoms with Gasteiger partial charge in [-0.1, -0.05) is 41.4 Å². The summed E-state index contributed by atoms with van der Waals surface area (Å²) < 4.78 is 30.0. The molecule has 0 saturated carbocycles. The lowest BCUT2D eigenvalue weighted by atomic mass is 9.94. The Morgan fingerprint density at radius 3 is 1.82 bits per heavy atom. The summed E-state index contributed by atoms with van der Waals surface area (Å²) in [7, 11) is 6.37. The summed E-state index contributed by atoms with van der Waals surface area (Å²) in [5.74, 6) is 2.17. The minimum absolute atomic E-state index is 0.184. The third kappa shape index (κ3) is 4.96. The summed E-state index contributed by atoms with van der Waals surface area (Å²) in [5, 5.41) is 2.49. The lowest BCUT2D eigenvalue weighted by Crippen LogP contribution is -2.11. The monoisotopic (exact) mass is 630 g/mol. The Balaban J connectivity index is 1.47. The lowest BCUT2D eigenvalue weighted by molar-refractivity contribution is 0.0921. The van der Waals surface area contributed by atoms with Gasteiger partial charge in [-0.15, -0.1) is 0 Å². The van der Waals surface area contributed by atoms with Crippen LogP contribution in [0.15, 0.2) is 73.1 Å². The summed E-state index contributed by atoms with van der Waals surface area (Å²) in [5.41, 5.74) is 5.17. The number of carbonyl (C=O) groups excluding carboxylic acids is 1. The highest BCUT2D eigenvalue weighted by molar-refractivity contribution is 6.42. The van der Waals surface area contributed by atoms with Crippen molar-refractivity contribution in [3.8, 4) is 51.0 Å². The molecular weight excluding hydrogens is 603 g/mol. The number of hydrogen-bond acceptors (Lipinski definition) is 6. The van der Waals surface area contributed by atoms with E-state index < -0.39 is 0 Å². The molecule has 0 bridgehead atoms. The zero-order chi connectivity index (χ0) is 31.0. The second kappa shape index (κ2) is 12.1. The van der Waals surface area contributed by atoms with Gasteiger partial charge >= 0.3 is 0 Å². The van der Waals surface area contributed by atoms with E-state index in [0.717, 1.165) is 32.9 Å². The van der Waals surface area contributed by atoms with Crippen LogP contribution in [-0.2, 0) is 0 Å². The number of benzene rings is 4. The van der Waals surface area contributed by atoms with Gasteiger partial charge in [0, 0.05) is 50.9 Å². The second-order valence-corrected chi connectivity index (χ2v) is 10.7. The molecule has 44 heavy (non-hydrogen) atoms. The Bertz CT molecular complexity index is 2000. The van der Waals surface area contributed by atoms with Gasteiger partial charge in [0.05, 0.1) is 49.6 Å². The number of H-pyrrole nitrogens is 2. The number of Topliss-reactive ketones (excluding diaryl/α,β-unsaturated/α-hetero) is 1. The number of fused-ring (bicyclic) bond motifs is 2. The van der Waals surface area contributed by atoms with Crippen LogP contribution < -0.4 is 23.7 Å². The third-order valence-electron chi connectivity index (χ3n) is 7.53. The molecule has 0 radical (unpaired) electrons.